The van der Waals surface area contributed by atoms with Gasteiger partial charge in [0, 0.05) is 12.7 Å². The predicted molar refractivity (Wildman–Crippen MR) is 109 cm³/mol. The van der Waals surface area contributed by atoms with Crippen LogP contribution in [0, 0.1) is 6.92 Å². The molecule has 0 saturated heterocycles. The van der Waals surface area contributed by atoms with Crippen LogP contribution in [0.25, 0.3) is 5.69 Å². The van der Waals surface area contributed by atoms with Crippen LogP contribution < -0.4 is 16.2 Å². The van der Waals surface area contributed by atoms with Gasteiger partial charge in [-0.05, 0) is 37.3 Å². The lowest BCUT2D eigenvalue weighted by Gasteiger charge is -2.08. The standard InChI is InChI=1S/C19H18Cl2N4O2/c1-12-18(19(27)25(24(12)2)14-6-4-3-5-7-14)23-17(26)11-22-13-8-9-15(20)16(21)10-13/h3-10,22H,11H2,1-2H3,(H,23,26). The first kappa shape index (κ1) is 19.1. The predicted octanol–water partition coefficient (Wildman–Crippen LogP) is 3.84. The van der Waals surface area contributed by atoms with Crippen LogP contribution in [-0.4, -0.2) is 21.8 Å². The lowest BCUT2D eigenvalue weighted by Crippen LogP contribution is -2.26. The fraction of sp³-hybridized carbons (Fsp3) is 0.158. The number of aromatic nitrogens is 2. The number of nitrogens with one attached hydrogen (secondary N) is 2. The maximum absolute atomic E-state index is 12.8. The van der Waals surface area contributed by atoms with E-state index in [2.05, 4.69) is 10.6 Å². The second kappa shape index (κ2) is 7.90. The van der Waals surface area contributed by atoms with Gasteiger partial charge in [-0.15, -0.1) is 0 Å². The zero-order valence-electron chi connectivity index (χ0n) is 14.8. The summed E-state index contributed by atoms with van der Waals surface area (Å²) in [6.45, 7) is 1.76. The van der Waals surface area contributed by atoms with E-state index in [1.807, 2.05) is 30.3 Å². The summed E-state index contributed by atoms with van der Waals surface area (Å²) < 4.78 is 3.22. The molecule has 0 unspecified atom stereocenters. The molecule has 8 heteroatoms. The van der Waals surface area contributed by atoms with E-state index >= 15 is 0 Å². The Balaban J connectivity index is 1.76. The van der Waals surface area contributed by atoms with E-state index in [-0.39, 0.29) is 23.7 Å². The summed E-state index contributed by atoms with van der Waals surface area (Å²) in [6, 6.07) is 14.2. The topological polar surface area (TPSA) is 68.1 Å². The second-order valence-corrected chi connectivity index (χ2v) is 6.78. The second-order valence-electron chi connectivity index (χ2n) is 5.97. The van der Waals surface area contributed by atoms with Crippen LogP contribution >= 0.6 is 23.2 Å². The van der Waals surface area contributed by atoms with Gasteiger partial charge in [-0.25, -0.2) is 4.68 Å². The maximum Gasteiger partial charge on any atom is 0.295 e. The number of nitrogens with zero attached hydrogens (tertiary/aromatic N) is 2. The largest absolute Gasteiger partial charge is 0.376 e. The monoisotopic (exact) mass is 404 g/mol. The fourth-order valence-corrected chi connectivity index (χ4v) is 2.98. The summed E-state index contributed by atoms with van der Waals surface area (Å²) >= 11 is 11.8. The van der Waals surface area contributed by atoms with E-state index in [0.29, 0.717) is 21.4 Å². The molecule has 0 bridgehead atoms. The van der Waals surface area contributed by atoms with Crippen molar-refractivity contribution in [1.82, 2.24) is 9.36 Å². The van der Waals surface area contributed by atoms with Crippen LogP contribution in [0.4, 0.5) is 11.4 Å². The smallest absolute Gasteiger partial charge is 0.295 e. The Morgan fingerprint density at radius 3 is 2.44 bits per heavy atom. The Kier molecular flexibility index (Phi) is 5.58. The quantitative estimate of drug-likeness (QED) is 0.678. The number of carbonyl (C=O) groups is 1. The van der Waals surface area contributed by atoms with E-state index < -0.39 is 0 Å². The number of anilines is 2. The molecule has 0 atom stereocenters. The number of rotatable bonds is 5. The molecule has 0 fully saturated rings. The zero-order valence-corrected chi connectivity index (χ0v) is 16.3. The molecule has 1 heterocycles. The van der Waals surface area contributed by atoms with Crippen LogP contribution in [0.15, 0.2) is 53.3 Å². The van der Waals surface area contributed by atoms with E-state index in [4.69, 9.17) is 23.2 Å². The molecule has 6 nitrogen and oxygen atoms in total. The molecule has 1 amide bonds. The van der Waals surface area contributed by atoms with Crippen molar-refractivity contribution in [2.75, 3.05) is 17.2 Å². The highest BCUT2D eigenvalue weighted by molar-refractivity contribution is 6.42. The van der Waals surface area contributed by atoms with Gasteiger partial charge in [0.1, 0.15) is 5.69 Å². The van der Waals surface area contributed by atoms with Crippen LogP contribution in [0.3, 0.4) is 0 Å². The molecule has 0 saturated carbocycles. The minimum absolute atomic E-state index is 0.0168. The van der Waals surface area contributed by atoms with Crippen molar-refractivity contribution in [3.05, 3.63) is 74.6 Å². The highest BCUT2D eigenvalue weighted by Gasteiger charge is 2.17. The number of amides is 1. The molecule has 1 aromatic heterocycles. The number of carbonyl (C=O) groups excluding carboxylic acids is 1. The Labute approximate surface area is 166 Å². The van der Waals surface area contributed by atoms with Crippen molar-refractivity contribution in [2.24, 2.45) is 7.05 Å². The molecule has 140 valence electrons. The van der Waals surface area contributed by atoms with Gasteiger partial charge in [0.05, 0.1) is 28.0 Å². The summed E-state index contributed by atoms with van der Waals surface area (Å²) in [5, 5.41) is 6.48. The third-order valence-corrected chi connectivity index (χ3v) is 4.93. The summed E-state index contributed by atoms with van der Waals surface area (Å²) in [5.74, 6) is -0.341. The molecule has 0 aliphatic carbocycles. The van der Waals surface area contributed by atoms with Gasteiger partial charge in [0.15, 0.2) is 0 Å². The van der Waals surface area contributed by atoms with Gasteiger partial charge in [-0.2, -0.15) is 0 Å². The molecule has 2 aromatic carbocycles. The SMILES string of the molecule is Cc1c(NC(=O)CNc2ccc(Cl)c(Cl)c2)c(=O)n(-c2ccccc2)n1C. The maximum atomic E-state index is 12.8. The van der Waals surface area contributed by atoms with E-state index in [9.17, 15) is 9.59 Å². The summed E-state index contributed by atoms with van der Waals surface area (Å²) in [4.78, 5) is 25.1. The van der Waals surface area contributed by atoms with E-state index in [1.165, 1.54) is 4.68 Å². The first-order chi connectivity index (χ1) is 12.9. The Morgan fingerprint density at radius 2 is 1.78 bits per heavy atom. The van der Waals surface area contributed by atoms with Crippen molar-refractivity contribution in [3.63, 3.8) is 0 Å². The molecule has 3 rings (SSSR count). The lowest BCUT2D eigenvalue weighted by molar-refractivity contribution is -0.114. The number of hydrogen-bond acceptors (Lipinski definition) is 3. The minimum Gasteiger partial charge on any atom is -0.376 e. The Bertz CT molecular complexity index is 1040. The fourth-order valence-electron chi connectivity index (χ4n) is 2.68. The van der Waals surface area contributed by atoms with Crippen LogP contribution in [0.5, 0.6) is 0 Å². The van der Waals surface area contributed by atoms with Crippen LogP contribution in [0.2, 0.25) is 10.0 Å². The third kappa shape index (κ3) is 4.02. The molecular formula is C19H18Cl2N4O2. The van der Waals surface area contributed by atoms with Crippen LogP contribution in [-0.2, 0) is 11.8 Å². The van der Waals surface area contributed by atoms with Crippen molar-refractivity contribution >= 4 is 40.5 Å². The Morgan fingerprint density at radius 1 is 1.07 bits per heavy atom. The molecule has 0 aliphatic heterocycles. The number of hydrogen-bond donors (Lipinski definition) is 2. The molecular weight excluding hydrogens is 387 g/mol. The van der Waals surface area contributed by atoms with E-state index in [1.54, 1.807) is 36.9 Å². The summed E-state index contributed by atoms with van der Waals surface area (Å²) in [7, 11) is 1.77. The number of para-hydroxylation sites is 1. The summed E-state index contributed by atoms with van der Waals surface area (Å²) in [5.41, 5.74) is 2.01. The molecule has 2 N–H and O–H groups in total. The highest BCUT2D eigenvalue weighted by Crippen LogP contribution is 2.24. The van der Waals surface area contributed by atoms with Gasteiger partial charge < -0.3 is 10.6 Å². The van der Waals surface area contributed by atoms with Gasteiger partial charge in [-0.3, -0.25) is 14.3 Å². The zero-order chi connectivity index (χ0) is 19.6. The lowest BCUT2D eigenvalue weighted by atomic mass is 10.3. The Hall–Kier alpha value is -2.70. The third-order valence-electron chi connectivity index (χ3n) is 4.19. The molecule has 0 radical (unpaired) electrons. The molecule has 0 aliphatic rings. The van der Waals surface area contributed by atoms with Gasteiger partial charge in [0.25, 0.3) is 5.56 Å². The van der Waals surface area contributed by atoms with Crippen molar-refractivity contribution in [2.45, 2.75) is 6.92 Å². The van der Waals surface area contributed by atoms with Gasteiger partial charge >= 0.3 is 0 Å². The van der Waals surface area contributed by atoms with Gasteiger partial charge in [0.2, 0.25) is 5.91 Å². The average Bonchev–Trinajstić information content (AvgIpc) is 2.87. The van der Waals surface area contributed by atoms with Crippen molar-refractivity contribution in [1.29, 1.82) is 0 Å². The van der Waals surface area contributed by atoms with Gasteiger partial charge in [-0.1, -0.05) is 41.4 Å². The highest BCUT2D eigenvalue weighted by atomic mass is 35.5. The molecule has 3 aromatic rings. The normalized spacial score (nSPS) is 10.7. The molecule has 0 spiro atoms. The average molecular weight is 405 g/mol. The van der Waals surface area contributed by atoms with Crippen molar-refractivity contribution in [3.8, 4) is 5.69 Å². The number of benzene rings is 2. The minimum atomic E-state index is -0.341. The van der Waals surface area contributed by atoms with Crippen LogP contribution in [0.1, 0.15) is 5.69 Å². The molecule has 27 heavy (non-hydrogen) atoms. The van der Waals surface area contributed by atoms with Crippen molar-refractivity contribution < 1.29 is 4.79 Å². The first-order valence-corrected chi connectivity index (χ1v) is 8.97. The first-order valence-electron chi connectivity index (χ1n) is 8.21. The number of halogens is 2. The van der Waals surface area contributed by atoms with E-state index in [0.717, 1.165) is 5.69 Å². The summed E-state index contributed by atoms with van der Waals surface area (Å²) in [6.07, 6.45) is 0.